The van der Waals surface area contributed by atoms with Crippen LogP contribution in [0.4, 0.5) is 5.00 Å². The maximum atomic E-state index is 4.27. The number of aromatic nitrogens is 2. The molecule has 0 amide bonds. The van der Waals surface area contributed by atoms with Crippen molar-refractivity contribution in [1.82, 2.24) is 19.4 Å². The van der Waals surface area contributed by atoms with Crippen LogP contribution in [0.5, 0.6) is 0 Å². The maximum absolute atomic E-state index is 4.27. The molecule has 1 aliphatic rings. The van der Waals surface area contributed by atoms with E-state index in [1.807, 2.05) is 0 Å². The third kappa shape index (κ3) is 4.12. The molecule has 0 aromatic carbocycles. The lowest BCUT2D eigenvalue weighted by atomic mass is 10.0. The molecule has 5 nitrogen and oxygen atoms in total. The molecule has 0 saturated carbocycles. The summed E-state index contributed by atoms with van der Waals surface area (Å²) in [6.45, 7) is 6.43. The lowest BCUT2D eigenvalue weighted by Gasteiger charge is -2.34. The van der Waals surface area contributed by atoms with Crippen molar-refractivity contribution < 1.29 is 0 Å². The second kappa shape index (κ2) is 7.17. The van der Waals surface area contributed by atoms with Gasteiger partial charge in [0.2, 0.25) is 0 Å². The molecule has 2 heterocycles. The zero-order chi connectivity index (χ0) is 13.7. The van der Waals surface area contributed by atoms with E-state index in [0.717, 1.165) is 49.3 Å². The van der Waals surface area contributed by atoms with Gasteiger partial charge >= 0.3 is 0 Å². The minimum absolute atomic E-state index is 0.738. The first-order chi connectivity index (χ1) is 9.20. The molecular formula is C13H25N5S. The normalized spacial score (nSPS) is 18.1. The summed E-state index contributed by atoms with van der Waals surface area (Å²) in [4.78, 5) is 4.84. The summed E-state index contributed by atoms with van der Waals surface area (Å²) in [6.07, 6.45) is 3.64. The van der Waals surface area contributed by atoms with Gasteiger partial charge in [0.05, 0.1) is 0 Å². The number of hydrogen-bond donors (Lipinski definition) is 1. The number of nitrogens with zero attached hydrogens (tertiary/aromatic N) is 4. The van der Waals surface area contributed by atoms with Gasteiger partial charge in [0.1, 0.15) is 10.7 Å². The number of piperidine rings is 1. The summed E-state index contributed by atoms with van der Waals surface area (Å²) in [7, 11) is 4.36. The van der Waals surface area contributed by atoms with Crippen LogP contribution in [0.25, 0.3) is 0 Å². The average molecular weight is 283 g/mol. The standard InChI is InChI=1S/C13H25N5S/c1-4-7-14-13-12(15-16-19-13)10-18-8-5-11(6-9-18)17(2)3/h11,14H,4-10H2,1-3H3. The second-order valence-corrected chi connectivity index (χ2v) is 6.20. The highest BCUT2D eigenvalue weighted by molar-refractivity contribution is 7.10. The molecule has 1 aromatic heterocycles. The Bertz CT molecular complexity index is 371. The van der Waals surface area contributed by atoms with Gasteiger partial charge in [-0.25, -0.2) is 0 Å². The highest BCUT2D eigenvalue weighted by atomic mass is 32.1. The molecular weight excluding hydrogens is 258 g/mol. The molecule has 0 radical (unpaired) electrons. The first kappa shape index (κ1) is 14.7. The molecule has 0 unspecified atom stereocenters. The third-order valence-electron chi connectivity index (χ3n) is 3.75. The van der Waals surface area contributed by atoms with Crippen molar-refractivity contribution >= 4 is 16.5 Å². The number of nitrogens with one attached hydrogen (secondary N) is 1. The van der Waals surface area contributed by atoms with Gasteiger partial charge in [0.25, 0.3) is 0 Å². The van der Waals surface area contributed by atoms with Crippen LogP contribution in [0.15, 0.2) is 0 Å². The molecule has 1 N–H and O–H groups in total. The fraction of sp³-hybridized carbons (Fsp3) is 0.846. The Labute approximate surface area is 120 Å². The van der Waals surface area contributed by atoms with Crippen LogP contribution in [0.3, 0.4) is 0 Å². The predicted octanol–water partition coefficient (Wildman–Crippen LogP) is 1.89. The Balaban J connectivity index is 1.83. The van der Waals surface area contributed by atoms with E-state index in [0.29, 0.717) is 0 Å². The topological polar surface area (TPSA) is 44.3 Å². The molecule has 1 aliphatic heterocycles. The van der Waals surface area contributed by atoms with Crippen LogP contribution in [-0.4, -0.2) is 59.2 Å². The van der Waals surface area contributed by atoms with Gasteiger partial charge in [0.15, 0.2) is 0 Å². The molecule has 19 heavy (non-hydrogen) atoms. The van der Waals surface area contributed by atoms with Crippen molar-refractivity contribution in [2.24, 2.45) is 0 Å². The highest BCUT2D eigenvalue weighted by Crippen LogP contribution is 2.22. The lowest BCUT2D eigenvalue weighted by molar-refractivity contribution is 0.139. The fourth-order valence-electron chi connectivity index (χ4n) is 2.49. The minimum Gasteiger partial charge on any atom is -0.374 e. The summed E-state index contributed by atoms with van der Waals surface area (Å²) < 4.78 is 4.08. The van der Waals surface area contributed by atoms with Crippen molar-refractivity contribution in [3.05, 3.63) is 5.69 Å². The monoisotopic (exact) mass is 283 g/mol. The van der Waals surface area contributed by atoms with Gasteiger partial charge < -0.3 is 10.2 Å². The molecule has 108 valence electrons. The van der Waals surface area contributed by atoms with Crippen molar-refractivity contribution in [3.63, 3.8) is 0 Å². The molecule has 1 aromatic rings. The van der Waals surface area contributed by atoms with E-state index in [1.54, 1.807) is 0 Å². The van der Waals surface area contributed by atoms with Crippen molar-refractivity contribution in [2.45, 2.75) is 38.8 Å². The van der Waals surface area contributed by atoms with Gasteiger partial charge in [-0.15, -0.1) is 5.10 Å². The van der Waals surface area contributed by atoms with E-state index in [4.69, 9.17) is 0 Å². The van der Waals surface area contributed by atoms with Gasteiger partial charge in [-0.05, 0) is 33.4 Å². The maximum Gasteiger partial charge on any atom is 0.134 e. The Kier molecular flexibility index (Phi) is 5.54. The average Bonchev–Trinajstić information content (AvgIpc) is 2.84. The summed E-state index contributed by atoms with van der Waals surface area (Å²) >= 11 is 1.48. The molecule has 0 atom stereocenters. The van der Waals surface area contributed by atoms with E-state index >= 15 is 0 Å². The first-order valence-electron chi connectivity index (χ1n) is 7.14. The Morgan fingerprint density at radius 3 is 2.74 bits per heavy atom. The van der Waals surface area contributed by atoms with Gasteiger partial charge in [-0.1, -0.05) is 11.4 Å². The van der Waals surface area contributed by atoms with Gasteiger partial charge in [0, 0.05) is 43.8 Å². The molecule has 6 heteroatoms. The predicted molar refractivity (Wildman–Crippen MR) is 80.7 cm³/mol. The van der Waals surface area contributed by atoms with E-state index in [2.05, 4.69) is 45.7 Å². The quantitative estimate of drug-likeness (QED) is 0.863. The number of anilines is 1. The van der Waals surface area contributed by atoms with Crippen LogP contribution in [0.2, 0.25) is 0 Å². The van der Waals surface area contributed by atoms with Crippen LogP contribution in [0.1, 0.15) is 31.9 Å². The molecule has 0 bridgehead atoms. The smallest absolute Gasteiger partial charge is 0.134 e. The number of rotatable bonds is 6. The molecule has 0 spiro atoms. The first-order valence-corrected chi connectivity index (χ1v) is 7.92. The van der Waals surface area contributed by atoms with Crippen LogP contribution >= 0.6 is 11.5 Å². The van der Waals surface area contributed by atoms with Crippen molar-refractivity contribution in [1.29, 1.82) is 0 Å². The van der Waals surface area contributed by atoms with E-state index in [-0.39, 0.29) is 0 Å². The van der Waals surface area contributed by atoms with Gasteiger partial charge in [-0.2, -0.15) is 0 Å². The fourth-order valence-corrected chi connectivity index (χ4v) is 3.09. The van der Waals surface area contributed by atoms with E-state index in [1.165, 1.54) is 24.4 Å². The summed E-state index contributed by atoms with van der Waals surface area (Å²) in [6, 6.07) is 0.738. The zero-order valence-corrected chi connectivity index (χ0v) is 13.0. The van der Waals surface area contributed by atoms with Gasteiger partial charge in [-0.3, -0.25) is 4.90 Å². The van der Waals surface area contributed by atoms with Crippen LogP contribution in [0, 0.1) is 0 Å². The summed E-state index contributed by atoms with van der Waals surface area (Å²) in [5.41, 5.74) is 1.11. The Morgan fingerprint density at radius 2 is 2.11 bits per heavy atom. The minimum atomic E-state index is 0.738. The van der Waals surface area contributed by atoms with Crippen LogP contribution in [-0.2, 0) is 6.54 Å². The number of hydrogen-bond acceptors (Lipinski definition) is 6. The molecule has 0 aliphatic carbocycles. The van der Waals surface area contributed by atoms with E-state index in [9.17, 15) is 0 Å². The highest BCUT2D eigenvalue weighted by Gasteiger charge is 2.22. The summed E-state index contributed by atoms with van der Waals surface area (Å²) in [5.74, 6) is 0. The number of likely N-dealkylation sites (tertiary alicyclic amines) is 1. The molecule has 1 saturated heterocycles. The zero-order valence-electron chi connectivity index (χ0n) is 12.2. The lowest BCUT2D eigenvalue weighted by Crippen LogP contribution is -2.41. The molecule has 2 rings (SSSR count). The summed E-state index contributed by atoms with van der Waals surface area (Å²) in [5, 5.41) is 8.84. The van der Waals surface area contributed by atoms with Crippen molar-refractivity contribution in [2.75, 3.05) is 39.0 Å². The van der Waals surface area contributed by atoms with Crippen molar-refractivity contribution in [3.8, 4) is 0 Å². The SMILES string of the molecule is CCCNc1snnc1CN1CCC(N(C)C)CC1. The Hall–Kier alpha value is -0.720. The third-order valence-corrected chi connectivity index (χ3v) is 4.48. The Morgan fingerprint density at radius 1 is 1.37 bits per heavy atom. The molecule has 1 fully saturated rings. The van der Waals surface area contributed by atoms with E-state index < -0.39 is 0 Å². The largest absolute Gasteiger partial charge is 0.374 e. The van der Waals surface area contributed by atoms with Crippen LogP contribution < -0.4 is 5.32 Å². The second-order valence-electron chi connectivity index (χ2n) is 5.45.